The molecule has 3 aliphatic rings. The molecule has 8 heteroatoms. The molecule has 3 fully saturated rings. The zero-order valence-corrected chi connectivity index (χ0v) is 14.1. The predicted octanol–water partition coefficient (Wildman–Crippen LogP) is 0.528. The number of aliphatic hydroxyl groups is 1. The molecule has 0 aliphatic carbocycles. The first-order chi connectivity index (χ1) is 11.2. The van der Waals surface area contributed by atoms with Crippen molar-refractivity contribution in [2.24, 2.45) is 0 Å². The molecule has 0 bridgehead atoms. The van der Waals surface area contributed by atoms with E-state index in [4.69, 9.17) is 9.47 Å². The number of alkyl halides is 2. The third-order valence-electron chi connectivity index (χ3n) is 4.93. The quantitative estimate of drug-likeness (QED) is 0.758. The minimum Gasteiger partial charge on any atom is -0.388 e. The highest BCUT2D eigenvalue weighted by atomic mass is 19.3. The van der Waals surface area contributed by atoms with Crippen LogP contribution in [0.2, 0.25) is 0 Å². The van der Waals surface area contributed by atoms with E-state index in [0.29, 0.717) is 19.0 Å². The Labute approximate surface area is 140 Å². The molecule has 3 aliphatic heterocycles. The van der Waals surface area contributed by atoms with Gasteiger partial charge in [0.05, 0.1) is 31.3 Å². The maximum Gasteiger partial charge on any atom is 0.267 e. The van der Waals surface area contributed by atoms with Gasteiger partial charge in [-0.15, -0.1) is 0 Å². The molecular formula is C16H26F2N2O4. The first-order valence-corrected chi connectivity index (χ1v) is 8.63. The number of nitrogens with zero attached hydrogens (tertiary/aromatic N) is 1. The summed E-state index contributed by atoms with van der Waals surface area (Å²) in [5.41, 5.74) is 0. The standard InChI is InChI=1S/C16H26F2N2O4/c1-9(2)19-7-12-14(22)15-11(24-12)5-10(23-15)6-13(21)20-4-3-16(17,18)8-20/h9-12,14-15,19,22H,3-8H2,1-2H3. The van der Waals surface area contributed by atoms with Crippen molar-refractivity contribution in [1.29, 1.82) is 0 Å². The number of likely N-dealkylation sites (tertiary alicyclic amines) is 1. The van der Waals surface area contributed by atoms with Gasteiger partial charge in [0.1, 0.15) is 12.2 Å². The van der Waals surface area contributed by atoms with E-state index in [0.717, 1.165) is 0 Å². The van der Waals surface area contributed by atoms with Crippen LogP contribution in [0.25, 0.3) is 0 Å². The normalized spacial score (nSPS) is 38.1. The average Bonchev–Trinajstić information content (AvgIpc) is 3.12. The lowest BCUT2D eigenvalue weighted by molar-refractivity contribution is -0.135. The number of nitrogens with one attached hydrogen (secondary N) is 1. The van der Waals surface area contributed by atoms with Gasteiger partial charge in [-0.3, -0.25) is 4.79 Å². The summed E-state index contributed by atoms with van der Waals surface area (Å²) in [5, 5.41) is 13.5. The van der Waals surface area contributed by atoms with Crippen LogP contribution < -0.4 is 5.32 Å². The van der Waals surface area contributed by atoms with E-state index in [2.05, 4.69) is 5.32 Å². The second-order valence-electron chi connectivity index (χ2n) is 7.35. The van der Waals surface area contributed by atoms with Crippen molar-refractivity contribution < 1.29 is 28.2 Å². The second-order valence-corrected chi connectivity index (χ2v) is 7.35. The van der Waals surface area contributed by atoms with E-state index < -0.39 is 24.7 Å². The van der Waals surface area contributed by atoms with Crippen LogP contribution in [0, 0.1) is 0 Å². The molecule has 0 aromatic heterocycles. The summed E-state index contributed by atoms with van der Waals surface area (Å²) < 4.78 is 38.0. The molecule has 0 spiro atoms. The Bertz CT molecular complexity index is 477. The lowest BCUT2D eigenvalue weighted by Gasteiger charge is -2.22. The molecular weight excluding hydrogens is 322 g/mol. The van der Waals surface area contributed by atoms with Gasteiger partial charge in [-0.1, -0.05) is 13.8 Å². The van der Waals surface area contributed by atoms with Crippen molar-refractivity contribution in [3.05, 3.63) is 0 Å². The number of aliphatic hydroxyl groups excluding tert-OH is 1. The lowest BCUT2D eigenvalue weighted by atomic mass is 10.1. The lowest BCUT2D eigenvalue weighted by Crippen LogP contribution is -2.41. The van der Waals surface area contributed by atoms with E-state index in [9.17, 15) is 18.7 Å². The highest BCUT2D eigenvalue weighted by Crippen LogP contribution is 2.36. The smallest absolute Gasteiger partial charge is 0.267 e. The number of hydrogen-bond donors (Lipinski definition) is 2. The minimum absolute atomic E-state index is 0.0636. The van der Waals surface area contributed by atoms with E-state index >= 15 is 0 Å². The summed E-state index contributed by atoms with van der Waals surface area (Å²) in [6.07, 6.45) is -1.83. The van der Waals surface area contributed by atoms with Gasteiger partial charge in [-0.25, -0.2) is 8.78 Å². The SMILES string of the molecule is CC(C)NCC1OC2CC(CC(=O)N3CCC(F)(F)C3)OC2C1O. The van der Waals surface area contributed by atoms with Crippen LogP contribution in [-0.2, 0) is 14.3 Å². The molecule has 0 radical (unpaired) electrons. The largest absolute Gasteiger partial charge is 0.388 e. The molecule has 0 aromatic carbocycles. The van der Waals surface area contributed by atoms with E-state index in [1.165, 1.54) is 4.90 Å². The summed E-state index contributed by atoms with van der Waals surface area (Å²) in [7, 11) is 0. The van der Waals surface area contributed by atoms with Gasteiger partial charge < -0.3 is 24.8 Å². The van der Waals surface area contributed by atoms with Crippen LogP contribution in [0.5, 0.6) is 0 Å². The van der Waals surface area contributed by atoms with E-state index in [-0.39, 0.29) is 43.6 Å². The fraction of sp³-hybridized carbons (Fsp3) is 0.938. The van der Waals surface area contributed by atoms with Crippen molar-refractivity contribution in [3.63, 3.8) is 0 Å². The van der Waals surface area contributed by atoms with Crippen molar-refractivity contribution >= 4 is 5.91 Å². The van der Waals surface area contributed by atoms with Crippen LogP contribution in [0.1, 0.15) is 33.1 Å². The molecule has 6 nitrogen and oxygen atoms in total. The number of amides is 1. The third kappa shape index (κ3) is 3.87. The topological polar surface area (TPSA) is 71.0 Å². The Morgan fingerprint density at radius 2 is 2.17 bits per heavy atom. The van der Waals surface area contributed by atoms with Gasteiger partial charge in [0.15, 0.2) is 0 Å². The summed E-state index contributed by atoms with van der Waals surface area (Å²) in [4.78, 5) is 13.3. The Kier molecular flexibility index (Phi) is 5.11. The van der Waals surface area contributed by atoms with Gasteiger partial charge in [0.2, 0.25) is 5.91 Å². The molecule has 2 N–H and O–H groups in total. The van der Waals surface area contributed by atoms with Crippen molar-refractivity contribution in [1.82, 2.24) is 10.2 Å². The number of carbonyl (C=O) groups is 1. The molecule has 1 amide bonds. The van der Waals surface area contributed by atoms with Crippen LogP contribution in [0.15, 0.2) is 0 Å². The van der Waals surface area contributed by atoms with Crippen molar-refractivity contribution in [3.8, 4) is 0 Å². The van der Waals surface area contributed by atoms with Gasteiger partial charge in [0.25, 0.3) is 5.92 Å². The Hall–Kier alpha value is -0.830. The molecule has 138 valence electrons. The number of carbonyl (C=O) groups excluding carboxylic acids is 1. The maximum atomic E-state index is 13.2. The highest BCUT2D eigenvalue weighted by Gasteiger charge is 2.51. The first-order valence-electron chi connectivity index (χ1n) is 8.63. The summed E-state index contributed by atoms with van der Waals surface area (Å²) in [6.45, 7) is 4.16. The third-order valence-corrected chi connectivity index (χ3v) is 4.93. The molecule has 5 unspecified atom stereocenters. The molecule has 3 rings (SSSR count). The number of fused-ring (bicyclic) bond motifs is 1. The van der Waals surface area contributed by atoms with Gasteiger partial charge in [0, 0.05) is 32.0 Å². The number of hydrogen-bond acceptors (Lipinski definition) is 5. The fourth-order valence-corrected chi connectivity index (χ4v) is 3.63. The molecule has 3 saturated heterocycles. The Balaban J connectivity index is 1.47. The zero-order valence-electron chi connectivity index (χ0n) is 14.1. The average molecular weight is 348 g/mol. The van der Waals surface area contributed by atoms with Crippen molar-refractivity contribution in [2.75, 3.05) is 19.6 Å². The molecule has 5 atom stereocenters. The number of rotatable bonds is 5. The molecule has 0 aromatic rings. The van der Waals surface area contributed by atoms with E-state index in [1.54, 1.807) is 0 Å². The summed E-state index contributed by atoms with van der Waals surface area (Å²) >= 11 is 0. The highest BCUT2D eigenvalue weighted by molar-refractivity contribution is 5.77. The molecule has 24 heavy (non-hydrogen) atoms. The number of halogens is 2. The van der Waals surface area contributed by atoms with Crippen LogP contribution in [0.4, 0.5) is 8.78 Å². The van der Waals surface area contributed by atoms with Crippen LogP contribution in [-0.4, -0.2) is 78.0 Å². The Morgan fingerprint density at radius 3 is 2.75 bits per heavy atom. The maximum absolute atomic E-state index is 13.2. The fourth-order valence-electron chi connectivity index (χ4n) is 3.63. The van der Waals surface area contributed by atoms with E-state index in [1.807, 2.05) is 13.8 Å². The summed E-state index contributed by atoms with van der Waals surface area (Å²) in [6, 6.07) is 0.297. The van der Waals surface area contributed by atoms with Crippen LogP contribution in [0.3, 0.4) is 0 Å². The second kappa shape index (κ2) is 6.82. The number of ether oxygens (including phenoxy) is 2. The molecule has 0 saturated carbocycles. The minimum atomic E-state index is -2.78. The molecule has 3 heterocycles. The van der Waals surface area contributed by atoms with Gasteiger partial charge in [-0.2, -0.15) is 0 Å². The monoisotopic (exact) mass is 348 g/mol. The zero-order chi connectivity index (χ0) is 17.5. The van der Waals surface area contributed by atoms with Gasteiger partial charge >= 0.3 is 0 Å². The predicted molar refractivity (Wildman–Crippen MR) is 81.8 cm³/mol. The van der Waals surface area contributed by atoms with Crippen molar-refractivity contribution in [2.45, 2.75) is 75.6 Å². The van der Waals surface area contributed by atoms with Gasteiger partial charge in [-0.05, 0) is 0 Å². The van der Waals surface area contributed by atoms with Crippen LogP contribution >= 0.6 is 0 Å². The Morgan fingerprint density at radius 1 is 1.42 bits per heavy atom. The first kappa shape index (κ1) is 18.0. The summed E-state index contributed by atoms with van der Waals surface area (Å²) in [5.74, 6) is -3.09.